The molecule has 1 saturated heterocycles. The number of methoxy groups -OCH3 is 2. The summed E-state index contributed by atoms with van der Waals surface area (Å²) in [6, 6.07) is 15.2. The van der Waals surface area contributed by atoms with E-state index in [2.05, 4.69) is 13.8 Å². The number of ketones is 1. The van der Waals surface area contributed by atoms with Gasteiger partial charge < -0.3 is 24.2 Å². The number of hydrogen-bond acceptors (Lipinski definition) is 7. The van der Waals surface area contributed by atoms with Gasteiger partial charge in [-0.25, -0.2) is 0 Å². The van der Waals surface area contributed by atoms with Crippen molar-refractivity contribution in [2.24, 2.45) is 5.92 Å². The van der Waals surface area contributed by atoms with Gasteiger partial charge in [0.1, 0.15) is 11.5 Å². The number of thiophene rings is 1. The van der Waals surface area contributed by atoms with E-state index in [4.69, 9.17) is 14.2 Å². The summed E-state index contributed by atoms with van der Waals surface area (Å²) in [4.78, 5) is 28.7. The quantitative estimate of drug-likeness (QED) is 0.236. The van der Waals surface area contributed by atoms with Crippen molar-refractivity contribution >= 4 is 28.8 Å². The fourth-order valence-electron chi connectivity index (χ4n) is 4.09. The predicted octanol–water partition coefficient (Wildman–Crippen LogP) is 5.42. The topological polar surface area (TPSA) is 85.3 Å². The summed E-state index contributed by atoms with van der Waals surface area (Å²) >= 11 is 1.42. The smallest absolute Gasteiger partial charge is 0.295 e. The number of carbonyl (C=O) groups is 2. The first-order chi connectivity index (χ1) is 17.3. The maximum atomic E-state index is 13.2. The largest absolute Gasteiger partial charge is 0.507 e. The first-order valence-corrected chi connectivity index (χ1v) is 12.5. The third kappa shape index (κ3) is 5.09. The van der Waals surface area contributed by atoms with E-state index >= 15 is 0 Å². The van der Waals surface area contributed by atoms with E-state index in [0.29, 0.717) is 35.3 Å². The first-order valence-electron chi connectivity index (χ1n) is 11.6. The monoisotopic (exact) mass is 507 g/mol. The Hall–Kier alpha value is -3.78. The summed E-state index contributed by atoms with van der Waals surface area (Å²) in [6.45, 7) is 4.86. The van der Waals surface area contributed by atoms with Gasteiger partial charge in [-0.3, -0.25) is 9.59 Å². The average Bonchev–Trinajstić information content (AvgIpc) is 3.50. The minimum Gasteiger partial charge on any atom is -0.507 e. The fraction of sp³-hybridized carbons (Fsp3) is 0.286. The second-order valence-electron chi connectivity index (χ2n) is 8.86. The Labute approximate surface area is 214 Å². The molecular weight excluding hydrogens is 478 g/mol. The maximum Gasteiger partial charge on any atom is 0.295 e. The zero-order chi connectivity index (χ0) is 25.8. The van der Waals surface area contributed by atoms with Crippen LogP contribution in [0.15, 0.2) is 65.6 Å². The summed E-state index contributed by atoms with van der Waals surface area (Å²) in [5.74, 6) is 0.553. The number of ether oxygens (including phenoxy) is 3. The summed E-state index contributed by atoms with van der Waals surface area (Å²) in [6.07, 6.45) is 0. The Bertz CT molecular complexity index is 1260. The van der Waals surface area contributed by atoms with Crippen molar-refractivity contribution in [1.29, 1.82) is 0 Å². The molecule has 1 amide bonds. The van der Waals surface area contributed by atoms with Crippen molar-refractivity contribution < 1.29 is 28.9 Å². The molecule has 0 saturated carbocycles. The van der Waals surface area contributed by atoms with E-state index in [1.54, 1.807) is 50.6 Å². The second kappa shape index (κ2) is 10.9. The highest BCUT2D eigenvalue weighted by Gasteiger charge is 2.46. The molecule has 0 spiro atoms. The van der Waals surface area contributed by atoms with Gasteiger partial charge in [-0.1, -0.05) is 26.0 Å². The Morgan fingerprint density at radius 1 is 1.03 bits per heavy atom. The number of amides is 1. The highest BCUT2D eigenvalue weighted by Crippen LogP contribution is 2.42. The molecular formula is C28H29NO6S. The van der Waals surface area contributed by atoms with Crippen LogP contribution in [0.3, 0.4) is 0 Å². The maximum absolute atomic E-state index is 13.2. The zero-order valence-corrected chi connectivity index (χ0v) is 21.5. The average molecular weight is 508 g/mol. The number of likely N-dealkylation sites (tertiary alicyclic amines) is 1. The van der Waals surface area contributed by atoms with Crippen LogP contribution >= 0.6 is 11.3 Å². The van der Waals surface area contributed by atoms with Gasteiger partial charge in [0.05, 0.1) is 32.4 Å². The van der Waals surface area contributed by atoms with Crippen molar-refractivity contribution in [3.8, 4) is 17.2 Å². The minimum absolute atomic E-state index is 0.0683. The van der Waals surface area contributed by atoms with E-state index in [1.807, 2.05) is 23.6 Å². The van der Waals surface area contributed by atoms with Crippen LogP contribution in [0.5, 0.6) is 17.2 Å². The lowest BCUT2D eigenvalue weighted by atomic mass is 9.99. The molecule has 4 rings (SSSR count). The number of aliphatic hydroxyl groups is 1. The number of hydrogen-bond donors (Lipinski definition) is 1. The Morgan fingerprint density at radius 3 is 2.36 bits per heavy atom. The minimum atomic E-state index is -0.716. The first kappa shape index (κ1) is 25.3. The molecule has 8 heteroatoms. The molecule has 1 aliphatic rings. The van der Waals surface area contributed by atoms with E-state index in [1.165, 1.54) is 16.2 Å². The van der Waals surface area contributed by atoms with Crippen molar-refractivity contribution in [3.05, 3.63) is 81.6 Å². The molecule has 1 fully saturated rings. The number of aliphatic hydroxyl groups excluding tert-OH is 1. The lowest BCUT2D eigenvalue weighted by Gasteiger charge is -2.24. The predicted molar refractivity (Wildman–Crippen MR) is 138 cm³/mol. The van der Waals surface area contributed by atoms with Gasteiger partial charge in [0.25, 0.3) is 11.7 Å². The molecule has 188 valence electrons. The Balaban J connectivity index is 1.71. The second-order valence-corrected chi connectivity index (χ2v) is 9.84. The lowest BCUT2D eigenvalue weighted by molar-refractivity contribution is -0.140. The van der Waals surface area contributed by atoms with Crippen LogP contribution in [0.2, 0.25) is 0 Å². The number of rotatable bonds is 9. The summed E-state index contributed by atoms with van der Waals surface area (Å²) < 4.78 is 16.4. The summed E-state index contributed by atoms with van der Waals surface area (Å²) in [5, 5.41) is 13.1. The van der Waals surface area contributed by atoms with Crippen LogP contribution in [0.1, 0.15) is 35.9 Å². The molecule has 0 bridgehead atoms. The molecule has 0 radical (unpaired) electrons. The van der Waals surface area contributed by atoms with Crippen molar-refractivity contribution in [2.75, 3.05) is 20.8 Å². The molecule has 36 heavy (non-hydrogen) atoms. The third-order valence-corrected chi connectivity index (χ3v) is 6.79. The standard InChI is InChI=1S/C28H29NO6S/c1-17(2)16-35-20-10-8-19(9-11-20)26(30)24-25(23-6-5-13-36-23)29(28(32)27(24)31)15-18-7-12-21(33-3)22(14-18)34-4/h5-14,17,25,30H,15-16H2,1-4H3/b26-24-. The summed E-state index contributed by atoms with van der Waals surface area (Å²) in [5.41, 5.74) is 1.28. The molecule has 1 aromatic heterocycles. The van der Waals surface area contributed by atoms with Crippen LogP contribution < -0.4 is 14.2 Å². The van der Waals surface area contributed by atoms with Gasteiger partial charge in [0.2, 0.25) is 0 Å². The van der Waals surface area contributed by atoms with Gasteiger partial charge in [-0.2, -0.15) is 0 Å². The van der Waals surface area contributed by atoms with E-state index in [0.717, 1.165) is 10.4 Å². The molecule has 1 N–H and O–H groups in total. The van der Waals surface area contributed by atoms with Gasteiger partial charge in [0.15, 0.2) is 11.5 Å². The molecule has 1 aliphatic heterocycles. The molecule has 1 unspecified atom stereocenters. The van der Waals surface area contributed by atoms with E-state index < -0.39 is 17.7 Å². The van der Waals surface area contributed by atoms with Crippen molar-refractivity contribution in [2.45, 2.75) is 26.4 Å². The molecule has 1 atom stereocenters. The van der Waals surface area contributed by atoms with Gasteiger partial charge in [-0.05, 0) is 59.3 Å². The number of Topliss-reactive ketones (excluding diaryl/α,β-unsaturated/α-hetero) is 1. The van der Waals surface area contributed by atoms with Crippen LogP contribution in [0.25, 0.3) is 5.76 Å². The molecule has 0 aliphatic carbocycles. The highest BCUT2D eigenvalue weighted by atomic mass is 32.1. The SMILES string of the molecule is COc1ccc(CN2C(=O)C(=O)/C(=C(\O)c3ccc(OCC(C)C)cc3)C2c2cccs2)cc1OC. The third-order valence-electron chi connectivity index (χ3n) is 5.86. The summed E-state index contributed by atoms with van der Waals surface area (Å²) in [7, 11) is 3.09. The number of carbonyl (C=O) groups excluding carboxylic acids is 2. The number of nitrogens with zero attached hydrogens (tertiary/aromatic N) is 1. The van der Waals surface area contributed by atoms with Crippen molar-refractivity contribution in [3.63, 3.8) is 0 Å². The number of benzene rings is 2. The van der Waals surface area contributed by atoms with Crippen LogP contribution in [-0.2, 0) is 16.1 Å². The van der Waals surface area contributed by atoms with Gasteiger partial charge in [0, 0.05) is 17.0 Å². The zero-order valence-electron chi connectivity index (χ0n) is 20.7. The molecule has 3 aromatic rings. The van der Waals surface area contributed by atoms with Crippen LogP contribution in [-0.4, -0.2) is 42.5 Å². The normalized spacial score (nSPS) is 17.0. The lowest BCUT2D eigenvalue weighted by Crippen LogP contribution is -2.28. The van der Waals surface area contributed by atoms with E-state index in [9.17, 15) is 14.7 Å². The molecule has 2 aromatic carbocycles. The highest BCUT2D eigenvalue weighted by molar-refractivity contribution is 7.10. The van der Waals surface area contributed by atoms with Gasteiger partial charge in [-0.15, -0.1) is 11.3 Å². The fourth-order valence-corrected chi connectivity index (χ4v) is 4.93. The van der Waals surface area contributed by atoms with Crippen LogP contribution in [0.4, 0.5) is 0 Å². The molecule has 2 heterocycles. The Kier molecular flexibility index (Phi) is 7.64. The molecule has 7 nitrogen and oxygen atoms in total. The van der Waals surface area contributed by atoms with Crippen LogP contribution in [0, 0.1) is 5.92 Å². The Morgan fingerprint density at radius 2 is 1.75 bits per heavy atom. The van der Waals surface area contributed by atoms with Gasteiger partial charge >= 0.3 is 0 Å². The van der Waals surface area contributed by atoms with E-state index in [-0.39, 0.29) is 17.9 Å². The van der Waals surface area contributed by atoms with Crippen molar-refractivity contribution in [1.82, 2.24) is 4.90 Å².